The lowest BCUT2D eigenvalue weighted by molar-refractivity contribution is -0.138. The van der Waals surface area contributed by atoms with Crippen LogP contribution in [0, 0.1) is 5.92 Å². The Bertz CT molecular complexity index is 531. The number of amides is 1. The molecular weight excluding hydrogens is 284 g/mol. The second-order valence-electron chi connectivity index (χ2n) is 5.66. The Morgan fingerprint density at radius 2 is 2.19 bits per heavy atom. The molecule has 0 spiro atoms. The van der Waals surface area contributed by atoms with Crippen LogP contribution in [0.4, 0.5) is 0 Å². The molecule has 2 N–H and O–H groups in total. The second-order valence-corrected chi connectivity index (χ2v) is 6.19. The Morgan fingerprint density at radius 3 is 2.86 bits per heavy atom. The lowest BCUT2D eigenvalue weighted by Crippen LogP contribution is -2.45. The van der Waals surface area contributed by atoms with Gasteiger partial charge in [-0.1, -0.05) is 30.4 Å². The van der Waals surface area contributed by atoms with Gasteiger partial charge in [-0.15, -0.1) is 0 Å². The van der Waals surface area contributed by atoms with Crippen LogP contribution in [-0.2, 0) is 11.2 Å². The molecule has 1 heterocycles. The van der Waals surface area contributed by atoms with Gasteiger partial charge in [0.1, 0.15) is 12.4 Å². The van der Waals surface area contributed by atoms with Crippen molar-refractivity contribution >= 4 is 23.1 Å². The molecule has 0 aromatic heterocycles. The van der Waals surface area contributed by atoms with E-state index < -0.39 is 0 Å². The smallest absolute Gasteiger partial charge is 0.229 e. The van der Waals surface area contributed by atoms with Crippen LogP contribution < -0.4 is 10.5 Å². The van der Waals surface area contributed by atoms with Crippen molar-refractivity contribution in [1.29, 1.82) is 0 Å². The van der Waals surface area contributed by atoms with Crippen molar-refractivity contribution in [3.05, 3.63) is 29.8 Å². The quantitative estimate of drug-likeness (QED) is 0.847. The number of thiocarbonyl (C=S) groups is 1. The van der Waals surface area contributed by atoms with Crippen LogP contribution in [0.3, 0.4) is 0 Å². The number of benzene rings is 1. The molecule has 0 saturated heterocycles. The molecule has 0 bridgehead atoms. The van der Waals surface area contributed by atoms with Gasteiger partial charge in [-0.05, 0) is 31.9 Å². The monoisotopic (exact) mass is 306 g/mol. The molecule has 4 nitrogen and oxygen atoms in total. The maximum atomic E-state index is 12.7. The van der Waals surface area contributed by atoms with Crippen LogP contribution in [0.1, 0.15) is 25.8 Å². The van der Waals surface area contributed by atoms with Crippen LogP contribution >= 0.6 is 12.2 Å². The number of fused-ring (bicyclic) bond motifs is 1. The zero-order valence-corrected chi connectivity index (χ0v) is 13.4. The minimum atomic E-state index is -0.131. The Labute approximate surface area is 131 Å². The van der Waals surface area contributed by atoms with Crippen molar-refractivity contribution in [3.63, 3.8) is 0 Å². The fourth-order valence-corrected chi connectivity index (χ4v) is 2.67. The van der Waals surface area contributed by atoms with Gasteiger partial charge in [0.25, 0.3) is 0 Å². The summed E-state index contributed by atoms with van der Waals surface area (Å²) in [5, 5.41) is 0. The Hall–Kier alpha value is -1.62. The highest BCUT2D eigenvalue weighted by Gasteiger charge is 2.30. The lowest BCUT2D eigenvalue weighted by atomic mass is 9.95. The van der Waals surface area contributed by atoms with E-state index in [2.05, 4.69) is 0 Å². The van der Waals surface area contributed by atoms with Crippen molar-refractivity contribution in [1.82, 2.24) is 4.90 Å². The van der Waals surface area contributed by atoms with E-state index in [1.54, 1.807) is 0 Å². The maximum absolute atomic E-state index is 12.7. The van der Waals surface area contributed by atoms with E-state index >= 15 is 0 Å². The van der Waals surface area contributed by atoms with Crippen molar-refractivity contribution in [3.8, 4) is 5.75 Å². The largest absolute Gasteiger partial charge is 0.492 e. The van der Waals surface area contributed by atoms with Gasteiger partial charge in [0.15, 0.2) is 0 Å². The molecule has 21 heavy (non-hydrogen) atoms. The van der Waals surface area contributed by atoms with Gasteiger partial charge >= 0.3 is 0 Å². The van der Waals surface area contributed by atoms with Gasteiger partial charge in [-0.25, -0.2) is 0 Å². The first-order valence-corrected chi connectivity index (χ1v) is 7.69. The number of nitrogens with zero attached hydrogens (tertiary/aromatic N) is 1. The molecule has 1 unspecified atom stereocenters. The molecule has 1 aromatic rings. The lowest BCUT2D eigenvalue weighted by Gasteiger charge is -2.32. The van der Waals surface area contributed by atoms with Crippen LogP contribution in [-0.4, -0.2) is 35.0 Å². The van der Waals surface area contributed by atoms with E-state index in [1.807, 2.05) is 43.0 Å². The highest BCUT2D eigenvalue weighted by molar-refractivity contribution is 7.80. The van der Waals surface area contributed by atoms with Gasteiger partial charge in [-0.2, -0.15) is 0 Å². The Kier molecular flexibility index (Phi) is 5.17. The molecule has 0 fully saturated rings. The van der Waals surface area contributed by atoms with Gasteiger partial charge < -0.3 is 15.4 Å². The van der Waals surface area contributed by atoms with Crippen LogP contribution in [0.15, 0.2) is 24.3 Å². The van der Waals surface area contributed by atoms with E-state index in [0.717, 1.165) is 17.7 Å². The molecule has 1 aromatic carbocycles. The molecule has 5 heteroatoms. The molecule has 1 atom stereocenters. The number of carbonyl (C=O) groups is 1. The topological polar surface area (TPSA) is 55.6 Å². The minimum absolute atomic E-state index is 0.121. The summed E-state index contributed by atoms with van der Waals surface area (Å²) in [6.45, 7) is 5.03. The number of ether oxygens (including phenoxy) is 1. The van der Waals surface area contributed by atoms with Gasteiger partial charge in [0.2, 0.25) is 5.91 Å². The Balaban J connectivity index is 2.06. The molecule has 1 amide bonds. The molecule has 0 aliphatic carbocycles. The van der Waals surface area contributed by atoms with E-state index in [1.165, 1.54) is 0 Å². The predicted molar refractivity (Wildman–Crippen MR) is 87.4 cm³/mol. The van der Waals surface area contributed by atoms with E-state index in [0.29, 0.717) is 24.6 Å². The summed E-state index contributed by atoms with van der Waals surface area (Å²) >= 11 is 4.91. The third-order valence-electron chi connectivity index (χ3n) is 3.73. The standard InChI is InChI=1S/C16H22N2O2S/c1-11(2)18(8-7-15(17)21)16(19)13-9-12-5-3-4-6-14(12)20-10-13/h3-6,11,13H,7-10H2,1-2H3,(H2,17,21). The number of nitrogens with two attached hydrogens (primary N) is 1. The van der Waals surface area contributed by atoms with Crippen molar-refractivity contribution < 1.29 is 9.53 Å². The van der Waals surface area contributed by atoms with E-state index in [4.69, 9.17) is 22.7 Å². The summed E-state index contributed by atoms with van der Waals surface area (Å²) in [6.07, 6.45) is 1.29. The van der Waals surface area contributed by atoms with Gasteiger partial charge in [0.05, 0.1) is 10.9 Å². The van der Waals surface area contributed by atoms with Gasteiger partial charge in [0, 0.05) is 19.0 Å². The molecule has 1 aliphatic rings. The fraction of sp³-hybridized carbons (Fsp3) is 0.500. The maximum Gasteiger partial charge on any atom is 0.229 e. The number of rotatable bonds is 5. The summed E-state index contributed by atoms with van der Waals surface area (Å²) in [5.74, 6) is 0.880. The molecule has 0 radical (unpaired) electrons. The van der Waals surface area contributed by atoms with Gasteiger partial charge in [-0.3, -0.25) is 4.79 Å². The minimum Gasteiger partial charge on any atom is -0.492 e. The second kappa shape index (κ2) is 6.89. The molecule has 114 valence electrons. The zero-order valence-electron chi connectivity index (χ0n) is 12.5. The van der Waals surface area contributed by atoms with E-state index in [9.17, 15) is 4.79 Å². The van der Waals surface area contributed by atoms with Crippen molar-refractivity contribution in [2.45, 2.75) is 32.7 Å². The third kappa shape index (κ3) is 3.94. The third-order valence-corrected chi connectivity index (χ3v) is 3.94. The molecule has 1 aliphatic heterocycles. The zero-order chi connectivity index (χ0) is 15.4. The normalized spacial score (nSPS) is 17.0. The molecule has 2 rings (SSSR count). The molecular formula is C16H22N2O2S. The summed E-state index contributed by atoms with van der Waals surface area (Å²) in [4.78, 5) is 15.0. The summed E-state index contributed by atoms with van der Waals surface area (Å²) in [7, 11) is 0. The van der Waals surface area contributed by atoms with Crippen LogP contribution in [0.2, 0.25) is 0 Å². The van der Waals surface area contributed by atoms with Crippen LogP contribution in [0.25, 0.3) is 0 Å². The summed E-state index contributed by atoms with van der Waals surface area (Å²) in [6, 6.07) is 8.02. The first-order chi connectivity index (χ1) is 9.99. The SMILES string of the molecule is CC(C)N(CCC(N)=S)C(=O)C1COc2ccccc2C1. The first-order valence-electron chi connectivity index (χ1n) is 7.28. The average Bonchev–Trinajstić information content (AvgIpc) is 2.46. The molecule has 0 saturated carbocycles. The van der Waals surface area contributed by atoms with E-state index in [-0.39, 0.29) is 17.9 Å². The van der Waals surface area contributed by atoms with Crippen molar-refractivity contribution in [2.24, 2.45) is 11.7 Å². The number of para-hydroxylation sites is 1. The number of hydrogen-bond acceptors (Lipinski definition) is 3. The summed E-state index contributed by atoms with van der Waals surface area (Å²) < 4.78 is 5.71. The highest BCUT2D eigenvalue weighted by atomic mass is 32.1. The Morgan fingerprint density at radius 1 is 1.48 bits per heavy atom. The average molecular weight is 306 g/mol. The highest BCUT2D eigenvalue weighted by Crippen LogP contribution is 2.28. The predicted octanol–water partition coefficient (Wildman–Crippen LogP) is 2.15. The van der Waals surface area contributed by atoms with Crippen LogP contribution in [0.5, 0.6) is 5.75 Å². The number of hydrogen-bond donors (Lipinski definition) is 1. The number of carbonyl (C=O) groups excluding carboxylic acids is 1. The fourth-order valence-electron chi connectivity index (χ4n) is 2.57. The summed E-state index contributed by atoms with van der Waals surface area (Å²) in [5.41, 5.74) is 6.65. The first kappa shape index (κ1) is 15.8. The van der Waals surface area contributed by atoms with Crippen molar-refractivity contribution in [2.75, 3.05) is 13.2 Å².